The third-order valence-corrected chi connectivity index (χ3v) is 3.59. The summed E-state index contributed by atoms with van der Waals surface area (Å²) in [6.07, 6.45) is 3.30. The lowest BCUT2D eigenvalue weighted by Crippen LogP contribution is -2.00. The first kappa shape index (κ1) is 12.3. The molecule has 0 saturated heterocycles. The molecular weight excluding hydrogens is 244 g/mol. The van der Waals surface area contributed by atoms with E-state index < -0.39 is 0 Å². The third kappa shape index (κ3) is 2.24. The largest absolute Gasteiger partial charge is 0.396 e. The number of nitriles is 1. The molecule has 0 amide bonds. The van der Waals surface area contributed by atoms with Gasteiger partial charge in [-0.25, -0.2) is 4.98 Å². The predicted octanol–water partition coefficient (Wildman–Crippen LogP) is 2.51. The molecule has 0 spiro atoms. The van der Waals surface area contributed by atoms with Gasteiger partial charge in [0.15, 0.2) is 0 Å². The van der Waals surface area contributed by atoms with Crippen molar-refractivity contribution in [1.82, 2.24) is 9.97 Å². The minimum atomic E-state index is 0.440. The van der Waals surface area contributed by atoms with Crippen molar-refractivity contribution >= 4 is 22.6 Å². The fourth-order valence-electron chi connectivity index (χ4n) is 1.69. The van der Waals surface area contributed by atoms with Crippen LogP contribution in [0.15, 0.2) is 24.5 Å². The fraction of sp³-hybridized carbons (Fsp3) is 0.154. The number of aryl methyl sites for hydroxylation is 2. The maximum Gasteiger partial charge on any atom is 0.102 e. The van der Waals surface area contributed by atoms with Crippen molar-refractivity contribution in [1.29, 1.82) is 5.26 Å². The van der Waals surface area contributed by atoms with Gasteiger partial charge in [0.25, 0.3) is 0 Å². The van der Waals surface area contributed by atoms with Gasteiger partial charge in [-0.15, -0.1) is 11.3 Å². The van der Waals surface area contributed by atoms with Gasteiger partial charge >= 0.3 is 0 Å². The molecule has 2 rings (SSSR count). The highest BCUT2D eigenvalue weighted by atomic mass is 32.1. The third-order valence-electron chi connectivity index (χ3n) is 2.48. The van der Waals surface area contributed by atoms with Gasteiger partial charge in [0.1, 0.15) is 6.07 Å². The number of allylic oxidation sites excluding steroid dienone is 1. The molecule has 2 aromatic rings. The summed E-state index contributed by atoms with van der Waals surface area (Å²) in [5.41, 5.74) is 8.58. The molecule has 2 N–H and O–H groups in total. The molecule has 0 aliphatic heterocycles. The van der Waals surface area contributed by atoms with E-state index in [1.165, 1.54) is 11.3 Å². The maximum absolute atomic E-state index is 9.28. The molecule has 0 bridgehead atoms. The molecule has 0 atom stereocenters. The number of thiazole rings is 1. The van der Waals surface area contributed by atoms with E-state index >= 15 is 0 Å². The van der Waals surface area contributed by atoms with E-state index in [0.717, 1.165) is 21.1 Å². The number of nitrogens with two attached hydrogens (primary N) is 1. The lowest BCUT2D eigenvalue weighted by molar-refractivity contribution is 1.19. The summed E-state index contributed by atoms with van der Waals surface area (Å²) >= 11 is 1.50. The van der Waals surface area contributed by atoms with E-state index in [-0.39, 0.29) is 0 Å². The normalized spacial score (nSPS) is 11.8. The summed E-state index contributed by atoms with van der Waals surface area (Å²) in [7, 11) is 0. The van der Waals surface area contributed by atoms with Gasteiger partial charge in [-0.1, -0.05) is 6.07 Å². The van der Waals surface area contributed by atoms with Crippen LogP contribution in [0.2, 0.25) is 0 Å². The highest BCUT2D eigenvalue weighted by Crippen LogP contribution is 2.28. The lowest BCUT2D eigenvalue weighted by Gasteiger charge is -2.04. The van der Waals surface area contributed by atoms with Crippen LogP contribution in [-0.4, -0.2) is 9.97 Å². The molecule has 4 nitrogen and oxygen atoms in total. The summed E-state index contributed by atoms with van der Waals surface area (Å²) in [5.74, 6) is 0. The zero-order chi connectivity index (χ0) is 13.1. The van der Waals surface area contributed by atoms with E-state index in [2.05, 4.69) is 16.0 Å². The average Bonchev–Trinajstić information content (AvgIpc) is 2.70. The zero-order valence-corrected chi connectivity index (χ0v) is 11.0. The van der Waals surface area contributed by atoms with Crippen LogP contribution in [0.3, 0.4) is 0 Å². The number of hydrogen-bond acceptors (Lipinski definition) is 5. The van der Waals surface area contributed by atoms with E-state index in [1.807, 2.05) is 19.9 Å². The number of aromatic nitrogens is 2. The second kappa shape index (κ2) is 4.98. The Kier molecular flexibility index (Phi) is 3.40. The van der Waals surface area contributed by atoms with Gasteiger partial charge in [-0.05, 0) is 19.9 Å². The van der Waals surface area contributed by atoms with E-state index in [9.17, 15) is 5.26 Å². The minimum absolute atomic E-state index is 0.440. The van der Waals surface area contributed by atoms with E-state index in [4.69, 9.17) is 5.73 Å². The first-order valence-corrected chi connectivity index (χ1v) is 6.19. The van der Waals surface area contributed by atoms with Crippen LogP contribution >= 0.6 is 11.3 Å². The van der Waals surface area contributed by atoms with Crippen molar-refractivity contribution in [2.45, 2.75) is 13.8 Å². The summed E-state index contributed by atoms with van der Waals surface area (Å²) < 4.78 is 0. The van der Waals surface area contributed by atoms with E-state index in [1.54, 1.807) is 18.5 Å². The SMILES string of the molecule is Cc1nc(C)c(/C(N)=C(/C#N)c2cccnc2)s1. The van der Waals surface area contributed by atoms with Crippen LogP contribution in [0.1, 0.15) is 21.1 Å². The molecule has 2 aromatic heterocycles. The quantitative estimate of drug-likeness (QED) is 0.838. The van der Waals surface area contributed by atoms with Crippen molar-refractivity contribution in [3.8, 4) is 6.07 Å². The Balaban J connectivity index is 2.58. The second-order valence-corrected chi connectivity index (χ2v) is 4.99. The second-order valence-electron chi connectivity index (χ2n) is 3.79. The van der Waals surface area contributed by atoms with Crippen LogP contribution in [-0.2, 0) is 0 Å². The van der Waals surface area contributed by atoms with Crippen molar-refractivity contribution in [3.05, 3.63) is 45.7 Å². The molecule has 0 saturated carbocycles. The predicted molar refractivity (Wildman–Crippen MR) is 72.4 cm³/mol. The number of nitrogens with zero attached hydrogens (tertiary/aromatic N) is 3. The standard InChI is InChI=1S/C13H12N4S/c1-8-13(18-9(2)17-8)12(15)11(6-14)10-4-3-5-16-7-10/h3-5,7H,15H2,1-2H3/b12-11+. The van der Waals surface area contributed by atoms with Gasteiger partial charge in [-0.2, -0.15) is 5.26 Å². The van der Waals surface area contributed by atoms with Gasteiger partial charge in [-0.3, -0.25) is 4.98 Å². The van der Waals surface area contributed by atoms with Crippen molar-refractivity contribution < 1.29 is 0 Å². The monoisotopic (exact) mass is 256 g/mol. The molecule has 0 unspecified atom stereocenters. The highest BCUT2D eigenvalue weighted by Gasteiger charge is 2.13. The van der Waals surface area contributed by atoms with Gasteiger partial charge < -0.3 is 5.73 Å². The first-order valence-electron chi connectivity index (χ1n) is 5.38. The molecule has 2 heterocycles. The van der Waals surface area contributed by atoms with Crippen molar-refractivity contribution in [2.75, 3.05) is 0 Å². The summed E-state index contributed by atoms with van der Waals surface area (Å²) in [4.78, 5) is 9.18. The zero-order valence-electron chi connectivity index (χ0n) is 10.1. The van der Waals surface area contributed by atoms with Crippen LogP contribution in [0.25, 0.3) is 11.3 Å². The highest BCUT2D eigenvalue weighted by molar-refractivity contribution is 7.12. The topological polar surface area (TPSA) is 75.6 Å². The first-order chi connectivity index (χ1) is 8.63. The van der Waals surface area contributed by atoms with Gasteiger partial charge in [0.2, 0.25) is 0 Å². The molecule has 18 heavy (non-hydrogen) atoms. The number of rotatable bonds is 2. The number of hydrogen-bond donors (Lipinski definition) is 1. The Hall–Kier alpha value is -2.19. The van der Waals surface area contributed by atoms with Gasteiger partial charge in [0.05, 0.1) is 26.8 Å². The van der Waals surface area contributed by atoms with E-state index in [0.29, 0.717) is 11.3 Å². The molecule has 5 heteroatoms. The molecule has 0 aromatic carbocycles. The van der Waals surface area contributed by atoms with Crippen LogP contribution in [0.4, 0.5) is 0 Å². The summed E-state index contributed by atoms with van der Waals surface area (Å²) in [6.45, 7) is 3.81. The Labute approximate surface area is 109 Å². The molecule has 0 aliphatic rings. The lowest BCUT2D eigenvalue weighted by atomic mass is 10.1. The molecule has 0 fully saturated rings. The Morgan fingerprint density at radius 2 is 2.22 bits per heavy atom. The smallest absolute Gasteiger partial charge is 0.102 e. The molecule has 0 aliphatic carbocycles. The van der Waals surface area contributed by atoms with Crippen LogP contribution < -0.4 is 5.73 Å². The van der Waals surface area contributed by atoms with Crippen molar-refractivity contribution in [2.24, 2.45) is 5.73 Å². The van der Waals surface area contributed by atoms with Gasteiger partial charge in [0, 0.05) is 18.0 Å². The maximum atomic E-state index is 9.28. The summed E-state index contributed by atoms with van der Waals surface area (Å²) in [6, 6.07) is 5.75. The Morgan fingerprint density at radius 3 is 2.72 bits per heavy atom. The van der Waals surface area contributed by atoms with Crippen LogP contribution in [0, 0.1) is 25.2 Å². The average molecular weight is 256 g/mol. The minimum Gasteiger partial charge on any atom is -0.396 e. The Morgan fingerprint density at radius 1 is 1.44 bits per heavy atom. The number of pyridine rings is 1. The molecule has 0 radical (unpaired) electrons. The molecular formula is C13H12N4S. The van der Waals surface area contributed by atoms with Crippen LogP contribution in [0.5, 0.6) is 0 Å². The van der Waals surface area contributed by atoms with Crippen molar-refractivity contribution in [3.63, 3.8) is 0 Å². The molecule has 90 valence electrons. The Bertz CT molecular complexity index is 635. The fourth-order valence-corrected chi connectivity index (χ4v) is 2.57. The summed E-state index contributed by atoms with van der Waals surface area (Å²) in [5, 5.41) is 10.2.